The summed E-state index contributed by atoms with van der Waals surface area (Å²) in [6.07, 6.45) is 0.169. The van der Waals surface area contributed by atoms with Crippen LogP contribution in [0.4, 0.5) is 10.5 Å². The zero-order chi connectivity index (χ0) is 23.9. The van der Waals surface area contributed by atoms with Crippen molar-refractivity contribution >= 4 is 35.3 Å². The molecular weight excluding hydrogens is 456 g/mol. The van der Waals surface area contributed by atoms with Crippen LogP contribution in [0.25, 0.3) is 11.1 Å². The van der Waals surface area contributed by atoms with Gasteiger partial charge in [0.1, 0.15) is 12.1 Å². The highest BCUT2D eigenvalue weighted by atomic mass is 35.5. The summed E-state index contributed by atoms with van der Waals surface area (Å²) in [5.41, 5.74) is 3.31. The molecule has 1 saturated carbocycles. The summed E-state index contributed by atoms with van der Waals surface area (Å²) in [4.78, 5) is 37.0. The van der Waals surface area contributed by atoms with Gasteiger partial charge in [-0.3, -0.25) is 4.79 Å². The number of carboxylic acids is 1. The average molecular weight is 477 g/mol. The summed E-state index contributed by atoms with van der Waals surface area (Å²) in [5.74, 6) is -1.80. The Hall–Kier alpha value is -3.84. The van der Waals surface area contributed by atoms with Crippen LogP contribution in [-0.2, 0) is 9.53 Å². The summed E-state index contributed by atoms with van der Waals surface area (Å²) in [5, 5.41) is 14.9. The van der Waals surface area contributed by atoms with E-state index >= 15 is 0 Å². The monoisotopic (exact) mass is 476 g/mol. The van der Waals surface area contributed by atoms with Crippen LogP contribution in [0, 0.1) is 0 Å². The van der Waals surface area contributed by atoms with Gasteiger partial charge in [0.05, 0.1) is 11.3 Å². The van der Waals surface area contributed by atoms with Gasteiger partial charge in [-0.2, -0.15) is 0 Å². The van der Waals surface area contributed by atoms with E-state index in [-0.39, 0.29) is 28.8 Å². The molecule has 3 N–H and O–H groups in total. The largest absolute Gasteiger partial charge is 0.478 e. The minimum atomic E-state index is -1.22. The van der Waals surface area contributed by atoms with Crippen LogP contribution >= 0.6 is 11.6 Å². The van der Waals surface area contributed by atoms with E-state index in [4.69, 9.17) is 16.3 Å². The van der Waals surface area contributed by atoms with Crippen LogP contribution in [-0.4, -0.2) is 35.2 Å². The third-order valence-corrected chi connectivity index (χ3v) is 6.56. The van der Waals surface area contributed by atoms with Crippen LogP contribution < -0.4 is 10.6 Å². The third kappa shape index (κ3) is 3.99. The van der Waals surface area contributed by atoms with Crippen molar-refractivity contribution in [3.63, 3.8) is 0 Å². The Morgan fingerprint density at radius 3 is 2.18 bits per heavy atom. The highest BCUT2D eigenvalue weighted by Gasteiger charge is 2.52. The number of anilines is 1. The lowest BCUT2D eigenvalue weighted by molar-refractivity contribution is -0.119. The number of amides is 2. The summed E-state index contributed by atoms with van der Waals surface area (Å²) >= 11 is 5.87. The molecule has 8 heteroatoms. The highest BCUT2D eigenvalue weighted by molar-refractivity contribution is 6.31. The van der Waals surface area contributed by atoms with E-state index in [0.717, 1.165) is 22.3 Å². The average Bonchev–Trinajstić information content (AvgIpc) is 3.54. The van der Waals surface area contributed by atoms with E-state index < -0.39 is 23.5 Å². The van der Waals surface area contributed by atoms with Crippen LogP contribution in [0.15, 0.2) is 66.7 Å². The molecule has 0 spiro atoms. The summed E-state index contributed by atoms with van der Waals surface area (Å²) in [6, 6.07) is 20.2. The van der Waals surface area contributed by atoms with Gasteiger partial charge in [0.25, 0.3) is 0 Å². The summed E-state index contributed by atoms with van der Waals surface area (Å²) < 4.78 is 5.55. The molecular formula is C26H21ClN2O5. The number of benzene rings is 3. The SMILES string of the molecule is O=C(NC1(C(=O)Nc2ccc(Cl)cc2C(=O)O)CC1)OCC1c2ccccc2-c2ccccc21. The molecule has 7 nitrogen and oxygen atoms in total. The number of nitrogens with one attached hydrogen (secondary N) is 2. The Bertz CT molecular complexity index is 1270. The summed E-state index contributed by atoms with van der Waals surface area (Å²) in [7, 11) is 0. The fourth-order valence-corrected chi connectivity index (χ4v) is 4.58. The first kappa shape index (κ1) is 22.0. The maximum atomic E-state index is 12.9. The number of carbonyl (C=O) groups excluding carboxylic acids is 2. The van der Waals surface area contributed by atoms with Gasteiger partial charge >= 0.3 is 12.1 Å². The number of ether oxygens (including phenoxy) is 1. The van der Waals surface area contributed by atoms with Crippen molar-refractivity contribution in [3.05, 3.63) is 88.4 Å². The van der Waals surface area contributed by atoms with Crippen molar-refractivity contribution in [1.29, 1.82) is 0 Å². The first-order chi connectivity index (χ1) is 16.4. The van der Waals surface area contributed by atoms with Gasteiger partial charge in [0.2, 0.25) is 5.91 Å². The molecule has 0 bridgehead atoms. The zero-order valence-corrected chi connectivity index (χ0v) is 18.8. The number of aromatic carboxylic acids is 1. The second kappa shape index (κ2) is 8.50. The first-order valence-corrected chi connectivity index (χ1v) is 11.2. The predicted molar refractivity (Wildman–Crippen MR) is 127 cm³/mol. The van der Waals surface area contributed by atoms with Gasteiger partial charge in [-0.25, -0.2) is 9.59 Å². The van der Waals surface area contributed by atoms with Gasteiger partial charge in [-0.1, -0.05) is 60.1 Å². The topological polar surface area (TPSA) is 105 Å². The van der Waals surface area contributed by atoms with E-state index in [1.54, 1.807) is 0 Å². The third-order valence-electron chi connectivity index (χ3n) is 6.33. The van der Waals surface area contributed by atoms with Gasteiger partial charge in [0.15, 0.2) is 0 Å². The summed E-state index contributed by atoms with van der Waals surface area (Å²) in [6.45, 7) is 0.137. The Morgan fingerprint density at radius 1 is 0.971 bits per heavy atom. The molecule has 0 unspecified atom stereocenters. The van der Waals surface area contributed by atoms with Gasteiger partial charge in [-0.05, 0) is 53.3 Å². The molecule has 0 radical (unpaired) electrons. The first-order valence-electron chi connectivity index (χ1n) is 10.9. The van der Waals surface area contributed by atoms with Crippen molar-refractivity contribution in [2.75, 3.05) is 11.9 Å². The molecule has 172 valence electrons. The minimum Gasteiger partial charge on any atom is -0.478 e. The standard InChI is InChI=1S/C26H21ClN2O5/c27-15-9-10-22(20(13-15)23(30)31)28-24(32)26(11-12-26)29-25(33)34-14-21-18-7-3-1-5-16(18)17-6-2-4-8-19(17)21/h1-10,13,21H,11-12,14H2,(H,28,32)(H,29,33)(H,30,31). The smallest absolute Gasteiger partial charge is 0.408 e. The lowest BCUT2D eigenvalue weighted by Gasteiger charge is -2.19. The molecule has 1 fully saturated rings. The zero-order valence-electron chi connectivity index (χ0n) is 18.0. The van der Waals surface area contributed by atoms with Crippen molar-refractivity contribution < 1.29 is 24.2 Å². The van der Waals surface area contributed by atoms with E-state index in [2.05, 4.69) is 22.8 Å². The number of hydrogen-bond donors (Lipinski definition) is 3. The molecule has 0 heterocycles. The lowest BCUT2D eigenvalue weighted by atomic mass is 9.98. The molecule has 2 aliphatic rings. The maximum Gasteiger partial charge on any atom is 0.408 e. The molecule has 0 saturated heterocycles. The number of fused-ring (bicyclic) bond motifs is 3. The van der Waals surface area contributed by atoms with Gasteiger partial charge in [0, 0.05) is 10.9 Å². The van der Waals surface area contributed by atoms with Crippen LogP contribution in [0.3, 0.4) is 0 Å². The van der Waals surface area contributed by atoms with Gasteiger partial charge < -0.3 is 20.5 Å². The fourth-order valence-electron chi connectivity index (χ4n) is 4.41. The van der Waals surface area contributed by atoms with Crippen LogP contribution in [0.5, 0.6) is 0 Å². The molecule has 3 aromatic carbocycles. The number of hydrogen-bond acceptors (Lipinski definition) is 4. The van der Waals surface area contributed by atoms with Crippen molar-refractivity contribution in [2.45, 2.75) is 24.3 Å². The number of alkyl carbamates (subject to hydrolysis) is 1. The molecule has 34 heavy (non-hydrogen) atoms. The molecule has 0 aliphatic heterocycles. The van der Waals surface area contributed by atoms with Crippen molar-refractivity contribution in [2.24, 2.45) is 0 Å². The number of rotatable bonds is 6. The number of carbonyl (C=O) groups is 3. The number of carboxylic acid groups (broad SMARTS) is 1. The second-order valence-corrected chi connectivity index (χ2v) is 8.92. The van der Waals surface area contributed by atoms with Crippen LogP contribution in [0.1, 0.15) is 40.2 Å². The molecule has 0 atom stereocenters. The minimum absolute atomic E-state index is 0.0886. The molecule has 0 aromatic heterocycles. The Kier molecular flexibility index (Phi) is 5.49. The van der Waals surface area contributed by atoms with E-state index in [0.29, 0.717) is 12.8 Å². The second-order valence-electron chi connectivity index (χ2n) is 8.48. The Balaban J connectivity index is 1.25. The lowest BCUT2D eigenvalue weighted by Crippen LogP contribution is -2.46. The van der Waals surface area contributed by atoms with E-state index in [9.17, 15) is 19.5 Å². The predicted octanol–water partition coefficient (Wildman–Crippen LogP) is 5.05. The number of halogens is 1. The van der Waals surface area contributed by atoms with Crippen LogP contribution in [0.2, 0.25) is 5.02 Å². The van der Waals surface area contributed by atoms with Crippen molar-refractivity contribution in [1.82, 2.24) is 5.32 Å². The Labute approximate surface area is 200 Å². The van der Waals surface area contributed by atoms with Crippen molar-refractivity contribution in [3.8, 4) is 11.1 Å². The molecule has 2 amide bonds. The molecule has 3 aromatic rings. The Morgan fingerprint density at radius 2 is 1.59 bits per heavy atom. The van der Waals surface area contributed by atoms with E-state index in [1.165, 1.54) is 18.2 Å². The maximum absolute atomic E-state index is 12.9. The normalized spacial score (nSPS) is 15.1. The fraction of sp³-hybridized carbons (Fsp3) is 0.192. The van der Waals surface area contributed by atoms with Gasteiger partial charge in [-0.15, -0.1) is 0 Å². The molecule has 2 aliphatic carbocycles. The highest BCUT2D eigenvalue weighted by Crippen LogP contribution is 2.44. The molecule has 5 rings (SSSR count). The van der Waals surface area contributed by atoms with E-state index in [1.807, 2.05) is 36.4 Å². The quantitative estimate of drug-likeness (QED) is 0.462.